The van der Waals surface area contributed by atoms with Gasteiger partial charge in [0.2, 0.25) is 0 Å². The van der Waals surface area contributed by atoms with E-state index >= 15 is 0 Å². The molecule has 1 aromatic heterocycles. The molecular formula is C21H20Cl2N4O3. The van der Waals surface area contributed by atoms with E-state index in [4.69, 9.17) is 32.7 Å². The summed E-state index contributed by atoms with van der Waals surface area (Å²) in [5.41, 5.74) is 5.07. The lowest BCUT2D eigenvalue weighted by Gasteiger charge is -2.26. The normalized spacial score (nSPS) is 14.5. The van der Waals surface area contributed by atoms with Crippen LogP contribution >= 0.6 is 23.2 Å². The number of carbonyl (C=O) groups is 1. The Balaban J connectivity index is 1.83. The third-order valence-electron chi connectivity index (χ3n) is 4.73. The van der Waals surface area contributed by atoms with Crippen LogP contribution in [-0.4, -0.2) is 54.1 Å². The Kier molecular flexibility index (Phi) is 6.24. The fraction of sp³-hybridized carbons (Fsp3) is 0.238. The van der Waals surface area contributed by atoms with Crippen molar-refractivity contribution in [2.45, 2.75) is 0 Å². The van der Waals surface area contributed by atoms with E-state index in [2.05, 4.69) is 10.5 Å². The van der Waals surface area contributed by atoms with E-state index < -0.39 is 0 Å². The van der Waals surface area contributed by atoms with Gasteiger partial charge in [0.05, 0.1) is 31.0 Å². The van der Waals surface area contributed by atoms with Crippen LogP contribution in [0.25, 0.3) is 16.9 Å². The number of aromatic nitrogens is 2. The number of hydrogen-bond acceptors (Lipinski definition) is 5. The van der Waals surface area contributed by atoms with Gasteiger partial charge >= 0.3 is 0 Å². The standard InChI is InChI=1S/C21H20Cl2N4O3/c1-29-20-18(21(28)25-26-10-12-30-13-11-26)24-27(17-5-3-2-4-16(17)23)19(20)14-6-8-15(22)9-7-14/h2-9H,10-13H2,1H3,(H,25,28). The van der Waals surface area contributed by atoms with E-state index in [0.717, 1.165) is 5.56 Å². The summed E-state index contributed by atoms with van der Waals surface area (Å²) >= 11 is 12.5. The summed E-state index contributed by atoms with van der Waals surface area (Å²) in [4.78, 5) is 13.1. The molecule has 0 atom stereocenters. The molecule has 30 heavy (non-hydrogen) atoms. The number of morpholine rings is 1. The number of benzene rings is 2. The smallest absolute Gasteiger partial charge is 0.289 e. The molecule has 0 saturated carbocycles. The van der Waals surface area contributed by atoms with Crippen molar-refractivity contribution in [1.82, 2.24) is 20.2 Å². The largest absolute Gasteiger partial charge is 0.492 e. The average Bonchev–Trinajstić information content (AvgIpc) is 3.15. The molecule has 0 spiro atoms. The van der Waals surface area contributed by atoms with Gasteiger partial charge in [-0.2, -0.15) is 5.10 Å². The van der Waals surface area contributed by atoms with E-state index in [9.17, 15) is 4.79 Å². The Bertz CT molecular complexity index is 1050. The molecule has 1 amide bonds. The summed E-state index contributed by atoms with van der Waals surface area (Å²) in [6.45, 7) is 2.32. The highest BCUT2D eigenvalue weighted by molar-refractivity contribution is 6.32. The molecule has 0 radical (unpaired) electrons. The third kappa shape index (κ3) is 4.15. The predicted octanol–water partition coefficient (Wildman–Crippen LogP) is 3.83. The first-order chi connectivity index (χ1) is 14.6. The quantitative estimate of drug-likeness (QED) is 0.644. The van der Waals surface area contributed by atoms with Gasteiger partial charge in [-0.1, -0.05) is 47.5 Å². The number of carbonyl (C=O) groups excluding carboxylic acids is 1. The molecule has 7 nitrogen and oxygen atoms in total. The van der Waals surface area contributed by atoms with Gasteiger partial charge in [-0.05, 0) is 24.3 Å². The van der Waals surface area contributed by atoms with E-state index in [1.54, 1.807) is 22.9 Å². The highest BCUT2D eigenvalue weighted by atomic mass is 35.5. The number of hydrogen-bond donors (Lipinski definition) is 1. The maximum Gasteiger partial charge on any atom is 0.289 e. The van der Waals surface area contributed by atoms with E-state index in [-0.39, 0.29) is 11.6 Å². The predicted molar refractivity (Wildman–Crippen MR) is 115 cm³/mol. The SMILES string of the molecule is COc1c(C(=O)NN2CCOCC2)nn(-c2ccccc2Cl)c1-c1ccc(Cl)cc1. The number of rotatable bonds is 5. The van der Waals surface area contributed by atoms with Crippen LogP contribution in [-0.2, 0) is 4.74 Å². The van der Waals surface area contributed by atoms with Crippen LogP contribution < -0.4 is 10.2 Å². The van der Waals surface area contributed by atoms with Crippen LogP contribution in [0, 0.1) is 0 Å². The molecule has 1 aliphatic heterocycles. The van der Waals surface area contributed by atoms with Gasteiger partial charge in [0.1, 0.15) is 5.69 Å². The second-order valence-electron chi connectivity index (χ2n) is 6.64. The van der Waals surface area contributed by atoms with Gasteiger partial charge in [-0.25, -0.2) is 9.69 Å². The van der Waals surface area contributed by atoms with Crippen LogP contribution in [0.3, 0.4) is 0 Å². The molecule has 0 aliphatic carbocycles. The fourth-order valence-electron chi connectivity index (χ4n) is 3.28. The number of para-hydroxylation sites is 1. The zero-order valence-corrected chi connectivity index (χ0v) is 17.8. The zero-order valence-electron chi connectivity index (χ0n) is 16.3. The monoisotopic (exact) mass is 446 g/mol. The molecule has 1 N–H and O–H groups in total. The number of methoxy groups -OCH3 is 1. The maximum atomic E-state index is 13.1. The highest BCUT2D eigenvalue weighted by Gasteiger charge is 2.28. The van der Waals surface area contributed by atoms with E-state index in [0.29, 0.717) is 53.5 Å². The molecule has 0 bridgehead atoms. The lowest BCUT2D eigenvalue weighted by molar-refractivity contribution is 0.0124. The van der Waals surface area contributed by atoms with Gasteiger partial charge in [0, 0.05) is 23.7 Å². The van der Waals surface area contributed by atoms with Crippen molar-refractivity contribution >= 4 is 29.1 Å². The van der Waals surface area contributed by atoms with Crippen LogP contribution in [0.5, 0.6) is 5.75 Å². The molecule has 9 heteroatoms. The van der Waals surface area contributed by atoms with E-state index in [1.165, 1.54) is 7.11 Å². The average molecular weight is 447 g/mol. The topological polar surface area (TPSA) is 68.6 Å². The van der Waals surface area contributed by atoms with E-state index in [1.807, 2.05) is 35.3 Å². The Labute approximate surface area is 184 Å². The summed E-state index contributed by atoms with van der Waals surface area (Å²) in [6.07, 6.45) is 0. The lowest BCUT2D eigenvalue weighted by atomic mass is 10.1. The van der Waals surface area contributed by atoms with Crippen LogP contribution in [0.4, 0.5) is 0 Å². The summed E-state index contributed by atoms with van der Waals surface area (Å²) in [5.74, 6) is -0.0160. The first kappa shape index (κ1) is 20.7. The minimum Gasteiger partial charge on any atom is -0.492 e. The number of nitrogens with one attached hydrogen (secondary N) is 1. The van der Waals surface area contributed by atoms with Gasteiger partial charge in [-0.15, -0.1) is 0 Å². The lowest BCUT2D eigenvalue weighted by Crippen LogP contribution is -2.48. The van der Waals surface area contributed by atoms with Crippen molar-refractivity contribution in [3.05, 3.63) is 64.3 Å². The molecule has 1 fully saturated rings. The third-order valence-corrected chi connectivity index (χ3v) is 5.30. The minimum absolute atomic E-state index is 0.161. The Morgan fingerprint density at radius 1 is 1.10 bits per heavy atom. The van der Waals surface area contributed by atoms with Crippen LogP contribution in [0.1, 0.15) is 10.5 Å². The first-order valence-corrected chi connectivity index (χ1v) is 10.2. The van der Waals surface area contributed by atoms with Crippen molar-refractivity contribution < 1.29 is 14.3 Å². The second kappa shape index (κ2) is 9.06. The number of halogens is 2. The zero-order chi connectivity index (χ0) is 21.1. The molecule has 1 saturated heterocycles. The summed E-state index contributed by atoms with van der Waals surface area (Å²) < 4.78 is 12.6. The Morgan fingerprint density at radius 2 is 1.80 bits per heavy atom. The van der Waals surface area contributed by atoms with Gasteiger partial charge in [0.15, 0.2) is 11.4 Å². The van der Waals surface area contributed by atoms with Crippen LogP contribution in [0.2, 0.25) is 10.0 Å². The van der Waals surface area contributed by atoms with Gasteiger partial charge < -0.3 is 9.47 Å². The summed E-state index contributed by atoms with van der Waals surface area (Å²) in [5, 5.41) is 7.49. The number of nitrogens with zero attached hydrogens (tertiary/aromatic N) is 3. The molecule has 156 valence electrons. The molecule has 4 rings (SSSR count). The fourth-order valence-corrected chi connectivity index (χ4v) is 3.62. The van der Waals surface area contributed by atoms with Crippen molar-refractivity contribution in [3.63, 3.8) is 0 Å². The Hall–Kier alpha value is -2.58. The van der Waals surface area contributed by atoms with Gasteiger partial charge in [0.25, 0.3) is 5.91 Å². The molecule has 0 unspecified atom stereocenters. The molecule has 3 aromatic rings. The van der Waals surface area contributed by atoms with Crippen molar-refractivity contribution in [1.29, 1.82) is 0 Å². The molecule has 2 heterocycles. The number of ether oxygens (including phenoxy) is 2. The summed E-state index contributed by atoms with van der Waals surface area (Å²) in [6, 6.07) is 14.5. The summed E-state index contributed by atoms with van der Waals surface area (Å²) in [7, 11) is 1.51. The highest BCUT2D eigenvalue weighted by Crippen LogP contribution is 2.37. The number of hydrazine groups is 1. The maximum absolute atomic E-state index is 13.1. The minimum atomic E-state index is -0.366. The second-order valence-corrected chi connectivity index (χ2v) is 7.48. The van der Waals surface area contributed by atoms with Crippen LogP contribution in [0.15, 0.2) is 48.5 Å². The number of amides is 1. The van der Waals surface area contributed by atoms with Crippen molar-refractivity contribution in [3.8, 4) is 22.7 Å². The van der Waals surface area contributed by atoms with Crippen molar-refractivity contribution in [2.24, 2.45) is 0 Å². The Morgan fingerprint density at radius 3 is 2.47 bits per heavy atom. The molecular weight excluding hydrogens is 427 g/mol. The van der Waals surface area contributed by atoms with Crippen molar-refractivity contribution in [2.75, 3.05) is 33.4 Å². The molecule has 2 aromatic carbocycles. The first-order valence-electron chi connectivity index (χ1n) is 9.40. The molecule has 1 aliphatic rings. The van der Waals surface area contributed by atoms with Gasteiger partial charge in [-0.3, -0.25) is 10.2 Å².